The highest BCUT2D eigenvalue weighted by Gasteiger charge is 2.17. The van der Waals surface area contributed by atoms with E-state index in [-0.39, 0.29) is 0 Å². The number of benzene rings is 10. The first kappa shape index (κ1) is 32.3. The van der Waals surface area contributed by atoms with Crippen LogP contribution in [0.25, 0.3) is 109 Å². The van der Waals surface area contributed by atoms with E-state index in [4.69, 9.17) is 0 Å². The van der Waals surface area contributed by atoms with Gasteiger partial charge in [0.25, 0.3) is 0 Å². The molecule has 0 saturated carbocycles. The van der Waals surface area contributed by atoms with Crippen LogP contribution in [-0.2, 0) is 0 Å². The van der Waals surface area contributed by atoms with Crippen molar-refractivity contribution in [1.29, 1.82) is 0 Å². The average Bonchev–Trinajstić information content (AvgIpc) is 3.79. The summed E-state index contributed by atoms with van der Waals surface area (Å²) < 4.78 is 4.86. The molecule has 0 atom stereocenters. The van der Waals surface area contributed by atoms with Crippen LogP contribution in [0.1, 0.15) is 13.8 Å². The van der Waals surface area contributed by atoms with Crippen molar-refractivity contribution in [2.24, 2.45) is 0 Å². The summed E-state index contributed by atoms with van der Waals surface area (Å²) in [5, 5.41) is 15.2. The SMILES string of the molecule is CC.c1ccc2c(c1)ccc1ccc(-n3c4ccccc4c4cc(-c5ccc6c(c5)c5ccccc5n6-c5ccc6ccc7ccccc7c6c5)ccc43)cc12. The molecule has 10 aromatic carbocycles. The number of nitrogens with zero attached hydrogens (tertiary/aromatic N) is 2. The molecule has 0 bridgehead atoms. The van der Waals surface area contributed by atoms with E-state index < -0.39 is 0 Å². The van der Waals surface area contributed by atoms with E-state index in [0.29, 0.717) is 0 Å². The van der Waals surface area contributed by atoms with Crippen LogP contribution in [0.2, 0.25) is 0 Å². The van der Waals surface area contributed by atoms with Gasteiger partial charge < -0.3 is 9.13 Å². The number of hydrogen-bond donors (Lipinski definition) is 0. The summed E-state index contributed by atoms with van der Waals surface area (Å²) in [4.78, 5) is 0. The second-order valence-corrected chi connectivity index (χ2v) is 14.6. The fourth-order valence-corrected chi connectivity index (χ4v) is 9.12. The van der Waals surface area contributed by atoms with E-state index >= 15 is 0 Å². The molecule has 2 heteroatoms. The predicted molar refractivity (Wildman–Crippen MR) is 242 cm³/mol. The van der Waals surface area contributed by atoms with E-state index in [1.54, 1.807) is 0 Å². The van der Waals surface area contributed by atoms with Crippen LogP contribution in [0.5, 0.6) is 0 Å². The highest BCUT2D eigenvalue weighted by atomic mass is 15.0. The Kier molecular flexibility index (Phi) is 7.33. The predicted octanol–water partition coefficient (Wildman–Crippen LogP) is 15.2. The molecule has 0 fully saturated rings. The molecule has 0 amide bonds. The maximum atomic E-state index is 2.43. The molecule has 0 unspecified atom stereocenters. The van der Waals surface area contributed by atoms with Crippen LogP contribution in [0, 0.1) is 0 Å². The van der Waals surface area contributed by atoms with E-state index in [2.05, 4.69) is 203 Å². The lowest BCUT2D eigenvalue weighted by Crippen LogP contribution is -1.94. The van der Waals surface area contributed by atoms with Crippen molar-refractivity contribution in [2.75, 3.05) is 0 Å². The Morgan fingerprint density at radius 1 is 0.250 bits per heavy atom. The molecule has 2 aromatic heterocycles. The summed E-state index contributed by atoms with van der Waals surface area (Å²) in [6, 6.07) is 71.7. The minimum atomic E-state index is 1.17. The van der Waals surface area contributed by atoms with Gasteiger partial charge in [-0.3, -0.25) is 0 Å². The maximum absolute atomic E-state index is 2.43. The van der Waals surface area contributed by atoms with Gasteiger partial charge in [0.1, 0.15) is 0 Å². The Bertz CT molecular complexity index is 3270. The summed E-state index contributed by atoms with van der Waals surface area (Å²) in [5.74, 6) is 0. The number of para-hydroxylation sites is 2. The van der Waals surface area contributed by atoms with Gasteiger partial charge in [0.05, 0.1) is 22.1 Å². The Morgan fingerprint density at radius 2 is 0.589 bits per heavy atom. The van der Waals surface area contributed by atoms with Gasteiger partial charge in [0, 0.05) is 32.9 Å². The van der Waals surface area contributed by atoms with Crippen molar-refractivity contribution in [1.82, 2.24) is 9.13 Å². The minimum Gasteiger partial charge on any atom is -0.309 e. The molecule has 0 saturated heterocycles. The Labute approximate surface area is 325 Å². The number of hydrogen-bond acceptors (Lipinski definition) is 0. The van der Waals surface area contributed by atoms with Crippen molar-refractivity contribution < 1.29 is 0 Å². The van der Waals surface area contributed by atoms with Gasteiger partial charge in [0.2, 0.25) is 0 Å². The van der Waals surface area contributed by atoms with Crippen molar-refractivity contribution in [3.8, 4) is 22.5 Å². The second kappa shape index (κ2) is 12.7. The van der Waals surface area contributed by atoms with Crippen LogP contribution >= 0.6 is 0 Å². The minimum absolute atomic E-state index is 1.17. The standard InChI is InChI=1S/C52H32N2.C2H6/c1-3-11-41-33(9-1)17-19-35-21-25-39(31-45(35)41)53-49-15-7-5-13-43(49)47-29-37(23-27-51(47)53)38-24-28-52-48(30-38)44-14-6-8-16-50(44)54(52)40-26-22-36-20-18-34-10-2-4-12-42(34)46(36)32-40;1-2/h1-32H;1-2H3. The second-order valence-electron chi connectivity index (χ2n) is 14.6. The summed E-state index contributed by atoms with van der Waals surface area (Å²) in [7, 11) is 0. The van der Waals surface area contributed by atoms with Gasteiger partial charge in [-0.15, -0.1) is 0 Å². The van der Waals surface area contributed by atoms with Gasteiger partial charge in [-0.1, -0.05) is 147 Å². The molecule has 264 valence electrons. The number of rotatable bonds is 3. The molecule has 56 heavy (non-hydrogen) atoms. The van der Waals surface area contributed by atoms with Gasteiger partial charge in [-0.2, -0.15) is 0 Å². The summed E-state index contributed by atoms with van der Waals surface area (Å²) in [5.41, 5.74) is 9.62. The fraction of sp³-hybridized carbons (Fsp3) is 0.0370. The first-order valence-corrected chi connectivity index (χ1v) is 19.7. The molecular weight excluding hydrogens is 677 g/mol. The molecule has 0 spiro atoms. The topological polar surface area (TPSA) is 9.86 Å². The van der Waals surface area contributed by atoms with E-state index in [1.165, 1.54) is 109 Å². The highest BCUT2D eigenvalue weighted by molar-refractivity contribution is 6.14. The first-order valence-electron chi connectivity index (χ1n) is 19.7. The van der Waals surface area contributed by atoms with Crippen LogP contribution in [0.4, 0.5) is 0 Å². The maximum Gasteiger partial charge on any atom is 0.0541 e. The molecule has 2 nitrogen and oxygen atoms in total. The Morgan fingerprint density at radius 3 is 1.04 bits per heavy atom. The third kappa shape index (κ3) is 4.82. The zero-order chi connectivity index (χ0) is 37.3. The quantitative estimate of drug-likeness (QED) is 0.161. The zero-order valence-electron chi connectivity index (χ0n) is 31.4. The van der Waals surface area contributed by atoms with Crippen LogP contribution < -0.4 is 0 Å². The molecular formula is C54H38N2. The number of aromatic nitrogens is 2. The molecule has 0 aliphatic heterocycles. The van der Waals surface area contributed by atoms with Crippen molar-refractivity contribution in [2.45, 2.75) is 13.8 Å². The number of fused-ring (bicyclic) bond motifs is 12. The van der Waals surface area contributed by atoms with Crippen molar-refractivity contribution in [3.05, 3.63) is 194 Å². The van der Waals surface area contributed by atoms with E-state index in [9.17, 15) is 0 Å². The normalized spacial score (nSPS) is 11.8. The smallest absolute Gasteiger partial charge is 0.0541 e. The molecule has 0 N–H and O–H groups in total. The Hall–Kier alpha value is -7.16. The van der Waals surface area contributed by atoms with Crippen LogP contribution in [-0.4, -0.2) is 9.13 Å². The van der Waals surface area contributed by atoms with Crippen molar-refractivity contribution >= 4 is 86.7 Å². The first-order chi connectivity index (χ1) is 27.8. The molecule has 0 aliphatic rings. The summed E-state index contributed by atoms with van der Waals surface area (Å²) >= 11 is 0. The summed E-state index contributed by atoms with van der Waals surface area (Å²) in [6.07, 6.45) is 0. The molecule has 12 aromatic rings. The van der Waals surface area contributed by atoms with Crippen LogP contribution in [0.3, 0.4) is 0 Å². The zero-order valence-corrected chi connectivity index (χ0v) is 31.4. The molecule has 0 radical (unpaired) electrons. The van der Waals surface area contributed by atoms with Gasteiger partial charge in [-0.25, -0.2) is 0 Å². The van der Waals surface area contributed by atoms with Gasteiger partial charge in [-0.05, 0) is 115 Å². The largest absolute Gasteiger partial charge is 0.309 e. The lowest BCUT2D eigenvalue weighted by molar-refractivity contribution is 1.19. The molecule has 12 rings (SSSR count). The lowest BCUT2D eigenvalue weighted by Gasteiger charge is -2.12. The van der Waals surface area contributed by atoms with E-state index in [0.717, 1.165) is 0 Å². The molecule has 0 aliphatic carbocycles. The fourth-order valence-electron chi connectivity index (χ4n) is 9.12. The average molecular weight is 715 g/mol. The summed E-state index contributed by atoms with van der Waals surface area (Å²) in [6.45, 7) is 4.00. The lowest BCUT2D eigenvalue weighted by atomic mass is 10.0. The van der Waals surface area contributed by atoms with Gasteiger partial charge >= 0.3 is 0 Å². The highest BCUT2D eigenvalue weighted by Crippen LogP contribution is 2.40. The van der Waals surface area contributed by atoms with E-state index in [1.807, 2.05) is 13.8 Å². The van der Waals surface area contributed by atoms with Gasteiger partial charge in [0.15, 0.2) is 0 Å². The monoisotopic (exact) mass is 714 g/mol. The third-order valence-corrected chi connectivity index (χ3v) is 11.7. The Balaban J connectivity index is 0.00000179. The third-order valence-electron chi connectivity index (χ3n) is 11.7. The van der Waals surface area contributed by atoms with Crippen molar-refractivity contribution in [3.63, 3.8) is 0 Å². The van der Waals surface area contributed by atoms with Crippen LogP contribution in [0.15, 0.2) is 194 Å². The molecule has 2 heterocycles.